The maximum absolute atomic E-state index is 11.7. The number of halogens is 2. The zero-order chi connectivity index (χ0) is 12.0. The lowest BCUT2D eigenvalue weighted by atomic mass is 10.1. The molecule has 1 aromatic carbocycles. The number of carbonyl (C=O) groups is 1. The minimum atomic E-state index is -0.0334. The lowest BCUT2D eigenvalue weighted by molar-refractivity contribution is 0.0948. The van der Waals surface area contributed by atoms with Crippen molar-refractivity contribution in [3.05, 3.63) is 34.3 Å². The fourth-order valence-electron chi connectivity index (χ4n) is 1.26. The second-order valence-electron chi connectivity index (χ2n) is 3.80. The van der Waals surface area contributed by atoms with Crippen molar-refractivity contribution in [3.8, 4) is 0 Å². The molecular weight excluding hydrogens is 289 g/mol. The van der Waals surface area contributed by atoms with Crippen molar-refractivity contribution in [1.82, 2.24) is 5.32 Å². The summed E-state index contributed by atoms with van der Waals surface area (Å²) in [6.07, 6.45) is 0.919. The highest BCUT2D eigenvalue weighted by Crippen LogP contribution is 2.10. The Morgan fingerprint density at radius 2 is 2.06 bits per heavy atom. The Hall–Kier alpha value is -0.540. The molecule has 0 radical (unpaired) electrons. The summed E-state index contributed by atoms with van der Waals surface area (Å²) in [7, 11) is 0. The van der Waals surface area contributed by atoms with Crippen molar-refractivity contribution >= 4 is 33.4 Å². The van der Waals surface area contributed by atoms with Crippen LogP contribution in [0.5, 0.6) is 0 Å². The normalized spacial score (nSPS) is 12.2. The van der Waals surface area contributed by atoms with Gasteiger partial charge in [0.25, 0.3) is 5.91 Å². The average Bonchev–Trinajstić information content (AvgIpc) is 2.27. The molecule has 0 aliphatic rings. The molecule has 1 atom stereocenters. The SMILES string of the molecule is CC(CCCl)CNC(=O)c1ccc(Br)cc1. The lowest BCUT2D eigenvalue weighted by Crippen LogP contribution is -2.28. The summed E-state index contributed by atoms with van der Waals surface area (Å²) in [5.74, 6) is 1.01. The first-order valence-corrected chi connectivity index (χ1v) is 6.56. The third-order valence-electron chi connectivity index (χ3n) is 2.32. The van der Waals surface area contributed by atoms with E-state index in [-0.39, 0.29) is 5.91 Å². The van der Waals surface area contributed by atoms with Crippen LogP contribution in [0.25, 0.3) is 0 Å². The van der Waals surface area contributed by atoms with Crippen LogP contribution in [-0.4, -0.2) is 18.3 Å². The molecule has 1 amide bonds. The zero-order valence-corrected chi connectivity index (χ0v) is 11.5. The van der Waals surface area contributed by atoms with Crippen LogP contribution in [0.15, 0.2) is 28.7 Å². The van der Waals surface area contributed by atoms with E-state index in [0.29, 0.717) is 23.9 Å². The average molecular weight is 305 g/mol. The Balaban J connectivity index is 2.43. The number of hydrogen-bond acceptors (Lipinski definition) is 1. The number of carbonyl (C=O) groups excluding carboxylic acids is 1. The molecule has 0 aromatic heterocycles. The minimum Gasteiger partial charge on any atom is -0.352 e. The molecule has 0 heterocycles. The second kappa shape index (κ2) is 6.92. The van der Waals surface area contributed by atoms with Crippen LogP contribution in [0.4, 0.5) is 0 Å². The van der Waals surface area contributed by atoms with Gasteiger partial charge in [-0.3, -0.25) is 4.79 Å². The summed E-state index contributed by atoms with van der Waals surface area (Å²) in [6.45, 7) is 2.74. The van der Waals surface area contributed by atoms with E-state index in [1.807, 2.05) is 12.1 Å². The van der Waals surface area contributed by atoms with Gasteiger partial charge in [0.1, 0.15) is 0 Å². The van der Waals surface area contributed by atoms with Gasteiger partial charge in [0.15, 0.2) is 0 Å². The standard InChI is InChI=1S/C12H15BrClNO/c1-9(6-7-14)8-15-12(16)10-2-4-11(13)5-3-10/h2-5,9H,6-8H2,1H3,(H,15,16). The smallest absolute Gasteiger partial charge is 0.251 e. The van der Waals surface area contributed by atoms with Crippen LogP contribution in [0.2, 0.25) is 0 Å². The monoisotopic (exact) mass is 303 g/mol. The molecule has 1 unspecified atom stereocenters. The first kappa shape index (κ1) is 13.5. The van der Waals surface area contributed by atoms with Gasteiger partial charge in [-0.15, -0.1) is 11.6 Å². The van der Waals surface area contributed by atoms with Crippen molar-refractivity contribution in [3.63, 3.8) is 0 Å². The fraction of sp³-hybridized carbons (Fsp3) is 0.417. The molecule has 1 rings (SSSR count). The molecule has 0 saturated carbocycles. The zero-order valence-electron chi connectivity index (χ0n) is 9.17. The van der Waals surface area contributed by atoms with Crippen LogP contribution in [-0.2, 0) is 0 Å². The maximum Gasteiger partial charge on any atom is 0.251 e. The van der Waals surface area contributed by atoms with E-state index in [9.17, 15) is 4.79 Å². The van der Waals surface area contributed by atoms with Crippen LogP contribution in [0.1, 0.15) is 23.7 Å². The second-order valence-corrected chi connectivity index (χ2v) is 5.09. The molecule has 1 aromatic rings. The number of hydrogen-bond donors (Lipinski definition) is 1. The molecule has 0 aliphatic heterocycles. The van der Waals surface area contributed by atoms with Crippen LogP contribution >= 0.6 is 27.5 Å². The molecule has 0 fully saturated rings. The van der Waals surface area contributed by atoms with Crippen molar-refractivity contribution in [1.29, 1.82) is 0 Å². The largest absolute Gasteiger partial charge is 0.352 e. The molecule has 88 valence electrons. The number of nitrogens with one attached hydrogen (secondary N) is 1. The van der Waals surface area contributed by atoms with Gasteiger partial charge in [-0.05, 0) is 36.6 Å². The third-order valence-corrected chi connectivity index (χ3v) is 3.07. The van der Waals surface area contributed by atoms with Crippen molar-refractivity contribution in [2.75, 3.05) is 12.4 Å². The van der Waals surface area contributed by atoms with Gasteiger partial charge in [-0.25, -0.2) is 0 Å². The van der Waals surface area contributed by atoms with E-state index < -0.39 is 0 Å². The summed E-state index contributed by atoms with van der Waals surface area (Å²) >= 11 is 8.96. The number of amides is 1. The Morgan fingerprint density at radius 3 is 2.62 bits per heavy atom. The maximum atomic E-state index is 11.7. The van der Waals surface area contributed by atoms with Gasteiger partial charge in [-0.2, -0.15) is 0 Å². The Morgan fingerprint density at radius 1 is 1.44 bits per heavy atom. The summed E-state index contributed by atoms with van der Waals surface area (Å²) < 4.78 is 0.972. The lowest BCUT2D eigenvalue weighted by Gasteiger charge is -2.10. The molecule has 0 spiro atoms. The molecule has 2 nitrogen and oxygen atoms in total. The first-order chi connectivity index (χ1) is 7.63. The van der Waals surface area contributed by atoms with Gasteiger partial charge in [-0.1, -0.05) is 22.9 Å². The Labute approximate surface area is 110 Å². The number of benzene rings is 1. The van der Waals surface area contributed by atoms with Crippen LogP contribution in [0.3, 0.4) is 0 Å². The van der Waals surface area contributed by atoms with E-state index >= 15 is 0 Å². The van der Waals surface area contributed by atoms with E-state index in [1.165, 1.54) is 0 Å². The Bertz CT molecular complexity index is 339. The summed E-state index contributed by atoms with van der Waals surface area (Å²) in [4.78, 5) is 11.7. The summed E-state index contributed by atoms with van der Waals surface area (Å²) in [5, 5.41) is 2.89. The fourth-order valence-corrected chi connectivity index (χ4v) is 1.90. The highest BCUT2D eigenvalue weighted by atomic mass is 79.9. The number of rotatable bonds is 5. The molecule has 0 saturated heterocycles. The topological polar surface area (TPSA) is 29.1 Å². The van der Waals surface area contributed by atoms with Gasteiger partial charge < -0.3 is 5.32 Å². The minimum absolute atomic E-state index is 0.0334. The summed E-state index contributed by atoms with van der Waals surface area (Å²) in [6, 6.07) is 7.31. The quantitative estimate of drug-likeness (QED) is 0.830. The van der Waals surface area contributed by atoms with Crippen LogP contribution < -0.4 is 5.32 Å². The van der Waals surface area contributed by atoms with Crippen molar-refractivity contribution in [2.45, 2.75) is 13.3 Å². The van der Waals surface area contributed by atoms with Gasteiger partial charge in [0.05, 0.1) is 0 Å². The molecule has 4 heteroatoms. The molecule has 1 N–H and O–H groups in total. The highest BCUT2D eigenvalue weighted by Gasteiger charge is 2.07. The van der Waals surface area contributed by atoms with Gasteiger partial charge in [0, 0.05) is 22.5 Å². The van der Waals surface area contributed by atoms with Crippen LogP contribution in [0, 0.1) is 5.92 Å². The third kappa shape index (κ3) is 4.54. The predicted molar refractivity (Wildman–Crippen MR) is 71.0 cm³/mol. The van der Waals surface area contributed by atoms with E-state index in [4.69, 9.17) is 11.6 Å². The Kier molecular flexibility index (Phi) is 5.85. The highest BCUT2D eigenvalue weighted by molar-refractivity contribution is 9.10. The van der Waals surface area contributed by atoms with Gasteiger partial charge >= 0.3 is 0 Å². The molecular formula is C12H15BrClNO. The predicted octanol–water partition coefficient (Wildman–Crippen LogP) is 3.44. The van der Waals surface area contributed by atoms with Crippen molar-refractivity contribution in [2.24, 2.45) is 5.92 Å². The number of alkyl halides is 1. The first-order valence-electron chi connectivity index (χ1n) is 5.23. The molecule has 0 aliphatic carbocycles. The van der Waals surface area contributed by atoms with E-state index in [1.54, 1.807) is 12.1 Å². The molecule has 16 heavy (non-hydrogen) atoms. The summed E-state index contributed by atoms with van der Waals surface area (Å²) in [5.41, 5.74) is 0.682. The van der Waals surface area contributed by atoms with Gasteiger partial charge in [0.2, 0.25) is 0 Å². The molecule has 0 bridgehead atoms. The van der Waals surface area contributed by atoms with E-state index in [2.05, 4.69) is 28.2 Å². The van der Waals surface area contributed by atoms with Crippen molar-refractivity contribution < 1.29 is 4.79 Å². The van der Waals surface area contributed by atoms with E-state index in [0.717, 1.165) is 10.9 Å².